The number of nitrogens with two attached hydrogens (primary N) is 1. The standard InChI is InChI=1S/C39H46N4O4S/c1-7-10-26-14-17-48-35(26)29-21-31(36(44)42-33-23(3)18-25(22-40)19-24(33)4)30(20-27(29)11-8-2)28-12-13-32(41-34(28)38(46)47-6)37(45)43-39(5)15-9-16-39/h12-14,17-21H,7-11,15-16,22,40H2,1-6H3,(H,42,44)(H,43,45). The van der Waals surface area contributed by atoms with Crippen LogP contribution in [0.1, 0.15) is 112 Å². The van der Waals surface area contributed by atoms with Gasteiger partial charge in [0.05, 0.1) is 7.11 Å². The zero-order chi connectivity index (χ0) is 34.6. The van der Waals surface area contributed by atoms with Gasteiger partial charge in [-0.15, -0.1) is 11.3 Å². The summed E-state index contributed by atoms with van der Waals surface area (Å²) < 4.78 is 5.18. The average molecular weight is 667 g/mol. The Balaban J connectivity index is 1.71. The van der Waals surface area contributed by atoms with Crippen molar-refractivity contribution < 1.29 is 19.1 Å². The molecular formula is C39H46N4O4S. The zero-order valence-electron chi connectivity index (χ0n) is 28.8. The lowest BCUT2D eigenvalue weighted by Crippen LogP contribution is -2.51. The first-order valence-electron chi connectivity index (χ1n) is 16.8. The first-order valence-corrected chi connectivity index (χ1v) is 17.7. The van der Waals surface area contributed by atoms with E-state index in [9.17, 15) is 14.4 Å². The van der Waals surface area contributed by atoms with Gasteiger partial charge in [-0.25, -0.2) is 9.78 Å². The van der Waals surface area contributed by atoms with E-state index in [1.165, 1.54) is 12.7 Å². The van der Waals surface area contributed by atoms with Gasteiger partial charge in [-0.05, 0) is 128 Å². The van der Waals surface area contributed by atoms with E-state index in [1.54, 1.807) is 23.5 Å². The summed E-state index contributed by atoms with van der Waals surface area (Å²) in [7, 11) is 1.29. The molecule has 1 aliphatic rings. The van der Waals surface area contributed by atoms with Gasteiger partial charge in [0, 0.05) is 33.8 Å². The van der Waals surface area contributed by atoms with Gasteiger partial charge in [-0.1, -0.05) is 38.8 Å². The maximum Gasteiger partial charge on any atom is 0.357 e. The Morgan fingerprint density at radius 2 is 1.60 bits per heavy atom. The number of pyridine rings is 1. The summed E-state index contributed by atoms with van der Waals surface area (Å²) >= 11 is 1.67. The van der Waals surface area contributed by atoms with Gasteiger partial charge < -0.3 is 21.1 Å². The molecule has 8 nitrogen and oxygen atoms in total. The second-order valence-electron chi connectivity index (χ2n) is 13.0. The molecule has 2 aromatic carbocycles. The molecule has 0 spiro atoms. The Morgan fingerprint density at radius 3 is 2.21 bits per heavy atom. The van der Waals surface area contributed by atoms with E-state index in [4.69, 9.17) is 10.5 Å². The smallest absolute Gasteiger partial charge is 0.357 e. The SMILES string of the molecule is CCCc1cc(-c2ccc(C(=O)NC3(C)CCC3)nc2C(=O)OC)c(C(=O)Nc2c(C)cc(CN)cc2C)cc1-c1sccc1CCC. The van der Waals surface area contributed by atoms with E-state index in [-0.39, 0.29) is 28.7 Å². The third kappa shape index (κ3) is 7.22. The van der Waals surface area contributed by atoms with Crippen LogP contribution in [0.4, 0.5) is 5.69 Å². The molecule has 9 heteroatoms. The van der Waals surface area contributed by atoms with Gasteiger partial charge in [0.1, 0.15) is 5.69 Å². The number of rotatable bonds is 12. The highest BCUT2D eigenvalue weighted by Crippen LogP contribution is 2.39. The molecule has 2 amide bonds. The molecule has 2 aromatic heterocycles. The summed E-state index contributed by atoms with van der Waals surface area (Å²) in [5.74, 6) is -1.35. The molecule has 1 saturated carbocycles. The van der Waals surface area contributed by atoms with Crippen molar-refractivity contribution in [3.63, 3.8) is 0 Å². The minimum absolute atomic E-state index is 0.0179. The van der Waals surface area contributed by atoms with E-state index in [1.807, 2.05) is 45.0 Å². The zero-order valence-corrected chi connectivity index (χ0v) is 29.7. The molecule has 1 aliphatic carbocycles. The lowest BCUT2D eigenvalue weighted by atomic mass is 9.78. The van der Waals surface area contributed by atoms with Crippen molar-refractivity contribution in [2.75, 3.05) is 12.4 Å². The van der Waals surface area contributed by atoms with Crippen LogP contribution >= 0.6 is 11.3 Å². The highest BCUT2D eigenvalue weighted by atomic mass is 32.1. The van der Waals surface area contributed by atoms with Crippen LogP contribution in [-0.2, 0) is 24.1 Å². The van der Waals surface area contributed by atoms with Crippen LogP contribution in [0.2, 0.25) is 0 Å². The Hall–Kier alpha value is -4.34. The highest BCUT2D eigenvalue weighted by Gasteiger charge is 2.34. The molecule has 0 bridgehead atoms. The van der Waals surface area contributed by atoms with Crippen molar-refractivity contribution in [3.8, 4) is 21.6 Å². The van der Waals surface area contributed by atoms with Crippen LogP contribution in [0.25, 0.3) is 21.6 Å². The Labute approximate surface area is 287 Å². The lowest BCUT2D eigenvalue weighted by Gasteiger charge is -2.39. The summed E-state index contributed by atoms with van der Waals surface area (Å²) in [6.45, 7) is 10.6. The van der Waals surface area contributed by atoms with Crippen LogP contribution in [-0.4, -0.2) is 35.4 Å². The number of ether oxygens (including phenoxy) is 1. The highest BCUT2D eigenvalue weighted by molar-refractivity contribution is 7.13. The van der Waals surface area contributed by atoms with Gasteiger partial charge in [-0.3, -0.25) is 9.59 Å². The number of methoxy groups -OCH3 is 1. The number of amides is 2. The molecule has 48 heavy (non-hydrogen) atoms. The van der Waals surface area contributed by atoms with Crippen molar-refractivity contribution in [2.24, 2.45) is 5.73 Å². The summed E-state index contributed by atoms with van der Waals surface area (Å²) in [4.78, 5) is 46.7. The average Bonchev–Trinajstić information content (AvgIpc) is 3.52. The van der Waals surface area contributed by atoms with Gasteiger partial charge in [0.2, 0.25) is 0 Å². The largest absolute Gasteiger partial charge is 0.464 e. The number of carbonyl (C=O) groups excluding carboxylic acids is 3. The fourth-order valence-electron chi connectivity index (χ4n) is 6.56. The first kappa shape index (κ1) is 35.0. The van der Waals surface area contributed by atoms with Crippen molar-refractivity contribution in [2.45, 2.75) is 91.6 Å². The molecule has 4 aromatic rings. The minimum atomic E-state index is -0.686. The molecule has 4 N–H and O–H groups in total. The number of anilines is 1. The van der Waals surface area contributed by atoms with Gasteiger partial charge >= 0.3 is 5.97 Å². The van der Waals surface area contributed by atoms with Gasteiger partial charge in [0.25, 0.3) is 11.8 Å². The molecule has 5 rings (SSSR count). The van der Waals surface area contributed by atoms with Crippen molar-refractivity contribution in [1.82, 2.24) is 10.3 Å². The predicted octanol–water partition coefficient (Wildman–Crippen LogP) is 8.17. The number of benzene rings is 2. The number of nitrogens with one attached hydrogen (secondary N) is 2. The quantitative estimate of drug-likeness (QED) is 0.131. The van der Waals surface area contributed by atoms with E-state index in [0.717, 1.165) is 77.6 Å². The molecule has 0 aliphatic heterocycles. The Morgan fingerprint density at radius 1 is 0.917 bits per heavy atom. The number of aromatic nitrogens is 1. The second kappa shape index (κ2) is 14.8. The molecule has 0 radical (unpaired) electrons. The summed E-state index contributed by atoms with van der Waals surface area (Å²) in [5, 5.41) is 8.34. The number of carbonyl (C=O) groups is 3. The number of thiophene rings is 1. The third-order valence-electron chi connectivity index (χ3n) is 9.25. The summed E-state index contributed by atoms with van der Waals surface area (Å²) in [6, 6.07) is 13.4. The number of aryl methyl sites for hydroxylation is 4. The van der Waals surface area contributed by atoms with Gasteiger partial charge in [-0.2, -0.15) is 0 Å². The van der Waals surface area contributed by atoms with Crippen LogP contribution in [0.3, 0.4) is 0 Å². The van der Waals surface area contributed by atoms with Crippen molar-refractivity contribution in [3.05, 3.63) is 92.6 Å². The molecule has 1 fully saturated rings. The molecule has 0 unspecified atom stereocenters. The maximum absolute atomic E-state index is 14.5. The molecule has 0 atom stereocenters. The minimum Gasteiger partial charge on any atom is -0.464 e. The monoisotopic (exact) mass is 666 g/mol. The van der Waals surface area contributed by atoms with Gasteiger partial charge in [0.15, 0.2) is 5.69 Å². The van der Waals surface area contributed by atoms with Crippen LogP contribution in [0.15, 0.2) is 47.8 Å². The fourth-order valence-corrected chi connectivity index (χ4v) is 7.56. The number of esters is 1. The number of hydrogen-bond acceptors (Lipinski definition) is 7. The fraction of sp³-hybridized carbons (Fsp3) is 0.385. The van der Waals surface area contributed by atoms with Crippen molar-refractivity contribution in [1.29, 1.82) is 0 Å². The third-order valence-corrected chi connectivity index (χ3v) is 10.2. The van der Waals surface area contributed by atoms with E-state index in [0.29, 0.717) is 28.9 Å². The normalized spacial score (nSPS) is 13.5. The second-order valence-corrected chi connectivity index (χ2v) is 14.0. The molecule has 0 saturated heterocycles. The summed E-state index contributed by atoms with van der Waals surface area (Å²) in [5.41, 5.74) is 13.9. The number of hydrogen-bond donors (Lipinski definition) is 3. The Kier molecular flexibility index (Phi) is 10.8. The maximum atomic E-state index is 14.5. The van der Waals surface area contributed by atoms with Crippen LogP contribution < -0.4 is 16.4 Å². The van der Waals surface area contributed by atoms with E-state index >= 15 is 0 Å². The topological polar surface area (TPSA) is 123 Å². The summed E-state index contributed by atoms with van der Waals surface area (Å²) in [6.07, 6.45) is 6.43. The van der Waals surface area contributed by atoms with Crippen molar-refractivity contribution >= 4 is 34.8 Å². The number of nitrogens with zero attached hydrogens (tertiary/aromatic N) is 1. The first-order chi connectivity index (χ1) is 23.0. The predicted molar refractivity (Wildman–Crippen MR) is 194 cm³/mol. The van der Waals surface area contributed by atoms with Crippen LogP contribution in [0.5, 0.6) is 0 Å². The van der Waals surface area contributed by atoms with E-state index in [2.05, 4.69) is 40.9 Å². The van der Waals surface area contributed by atoms with Crippen LogP contribution in [0, 0.1) is 13.8 Å². The van der Waals surface area contributed by atoms with E-state index < -0.39 is 5.97 Å². The molecule has 2 heterocycles. The Bertz CT molecular complexity index is 1830. The lowest BCUT2D eigenvalue weighted by molar-refractivity contribution is 0.0594. The molecular weight excluding hydrogens is 621 g/mol. The molecule has 252 valence electrons.